The number of likely N-dealkylation sites (tertiary alicyclic amines) is 1. The molecule has 2 amide bonds. The summed E-state index contributed by atoms with van der Waals surface area (Å²) in [5.41, 5.74) is 2.76. The molecule has 1 spiro atoms. The zero-order valence-corrected chi connectivity index (χ0v) is 24.4. The summed E-state index contributed by atoms with van der Waals surface area (Å²) < 4.78 is 4.91. The maximum Gasteiger partial charge on any atom is 0.310 e. The van der Waals surface area contributed by atoms with E-state index in [-0.39, 0.29) is 48.7 Å². The molecule has 1 aromatic rings. The predicted octanol–water partition coefficient (Wildman–Crippen LogP) is 4.44. The minimum absolute atomic E-state index is 0.0662. The first-order valence-electron chi connectivity index (χ1n) is 14.0. The molecule has 3 heterocycles. The quantitative estimate of drug-likeness (QED) is 0.234. The second-order valence-electron chi connectivity index (χ2n) is 11.4. The van der Waals surface area contributed by atoms with Crippen molar-refractivity contribution in [2.24, 2.45) is 17.8 Å². The first kappa shape index (κ1) is 29.4. The number of esters is 1. The lowest BCUT2D eigenvalue weighted by Crippen LogP contribution is -2.58. The zero-order valence-electron chi connectivity index (χ0n) is 23.6. The lowest BCUT2D eigenvalue weighted by molar-refractivity contribution is -0.154. The second kappa shape index (κ2) is 11.9. The number of carbonyl (C=O) groups is 3. The first-order chi connectivity index (χ1) is 18.6. The molecule has 4 rings (SSSR count). The van der Waals surface area contributed by atoms with Crippen LogP contribution >= 0.6 is 11.8 Å². The third-order valence-electron chi connectivity index (χ3n) is 8.59. The SMILES string of the molecule is C=CCCCOC(=O)[C@@H]1[C@@H]2CCC3(S2)C(C(=O)N(CC=C)c2cc(C)ccc2C)N([C@@H](CO)C(C)C)C(=O)[C@H]13. The van der Waals surface area contributed by atoms with Crippen LogP contribution in [-0.2, 0) is 19.1 Å². The van der Waals surface area contributed by atoms with Gasteiger partial charge in [-0.1, -0.05) is 38.1 Å². The molecule has 2 bridgehead atoms. The molecule has 0 saturated carbocycles. The molecule has 8 heteroatoms. The largest absolute Gasteiger partial charge is 0.465 e. The summed E-state index contributed by atoms with van der Waals surface area (Å²) in [7, 11) is 0. The Bertz CT molecular complexity index is 1140. The molecule has 1 N–H and O–H groups in total. The van der Waals surface area contributed by atoms with E-state index >= 15 is 0 Å². The van der Waals surface area contributed by atoms with Crippen molar-refractivity contribution < 1.29 is 24.2 Å². The zero-order chi connectivity index (χ0) is 28.5. The van der Waals surface area contributed by atoms with Crippen LogP contribution in [0.2, 0.25) is 0 Å². The van der Waals surface area contributed by atoms with E-state index in [9.17, 15) is 19.5 Å². The average molecular weight is 555 g/mol. The van der Waals surface area contributed by atoms with E-state index in [1.807, 2.05) is 45.9 Å². The fourth-order valence-corrected chi connectivity index (χ4v) is 8.89. The van der Waals surface area contributed by atoms with Crippen LogP contribution in [0.15, 0.2) is 43.5 Å². The predicted molar refractivity (Wildman–Crippen MR) is 156 cm³/mol. The van der Waals surface area contributed by atoms with Crippen molar-refractivity contribution in [3.8, 4) is 0 Å². The van der Waals surface area contributed by atoms with Gasteiger partial charge in [-0.05, 0) is 62.6 Å². The topological polar surface area (TPSA) is 87.2 Å². The number of rotatable bonds is 12. The number of unbranched alkanes of at least 4 members (excludes halogenated alkanes) is 1. The highest BCUT2D eigenvalue weighted by Crippen LogP contribution is 2.67. The number of hydrogen-bond donors (Lipinski definition) is 1. The van der Waals surface area contributed by atoms with Gasteiger partial charge >= 0.3 is 5.97 Å². The number of amides is 2. The molecule has 7 nitrogen and oxygen atoms in total. The molecule has 3 fully saturated rings. The summed E-state index contributed by atoms with van der Waals surface area (Å²) in [6, 6.07) is 4.64. The highest BCUT2D eigenvalue weighted by atomic mass is 32.2. The van der Waals surface area contributed by atoms with Gasteiger partial charge in [0, 0.05) is 17.5 Å². The van der Waals surface area contributed by atoms with E-state index in [2.05, 4.69) is 13.2 Å². The number of nitrogens with zero attached hydrogens (tertiary/aromatic N) is 2. The number of ether oxygens (including phenoxy) is 1. The van der Waals surface area contributed by atoms with Crippen LogP contribution in [0, 0.1) is 31.6 Å². The minimum atomic E-state index is -0.803. The second-order valence-corrected chi connectivity index (χ2v) is 13.0. The van der Waals surface area contributed by atoms with Crippen LogP contribution in [0.25, 0.3) is 0 Å². The number of thioether (sulfide) groups is 1. The summed E-state index contributed by atoms with van der Waals surface area (Å²) in [4.78, 5) is 45.8. The fraction of sp³-hybridized carbons (Fsp3) is 0.581. The smallest absolute Gasteiger partial charge is 0.310 e. The van der Waals surface area contributed by atoms with E-state index in [0.29, 0.717) is 12.8 Å². The highest BCUT2D eigenvalue weighted by Gasteiger charge is 2.75. The number of aliphatic hydroxyl groups is 1. The molecule has 39 heavy (non-hydrogen) atoms. The maximum atomic E-state index is 14.7. The molecule has 0 aromatic heterocycles. The maximum absolute atomic E-state index is 14.7. The number of benzene rings is 1. The van der Waals surface area contributed by atoms with Crippen molar-refractivity contribution in [1.82, 2.24) is 4.90 Å². The lowest BCUT2D eigenvalue weighted by atomic mass is 9.71. The number of anilines is 1. The van der Waals surface area contributed by atoms with Gasteiger partial charge in [0.15, 0.2) is 0 Å². The average Bonchev–Trinajstić information content (AvgIpc) is 3.54. The van der Waals surface area contributed by atoms with Crippen molar-refractivity contribution in [2.45, 2.75) is 75.5 Å². The van der Waals surface area contributed by atoms with E-state index in [0.717, 1.165) is 29.7 Å². The van der Waals surface area contributed by atoms with E-state index < -0.39 is 28.7 Å². The number of carbonyl (C=O) groups excluding carboxylic acids is 3. The standard InChI is InChI=1S/C31H42N2O5S/c1-7-9-10-16-38-30(37)25-24-13-14-31(39-24)26(25)28(35)33(23(18-34)19(3)4)27(31)29(36)32(15-8-2)22-17-20(5)11-12-21(22)6/h7-8,11-12,17,19,23-27,34H,1-2,9-10,13-16,18H2,3-6H3/t23-,24-,25+,26-,27?,31?/m0/s1. The summed E-state index contributed by atoms with van der Waals surface area (Å²) in [6.07, 6.45) is 6.33. The van der Waals surface area contributed by atoms with Crippen molar-refractivity contribution >= 4 is 35.2 Å². The van der Waals surface area contributed by atoms with Gasteiger partial charge in [0.1, 0.15) is 6.04 Å². The Kier molecular flexibility index (Phi) is 8.96. The Morgan fingerprint density at radius 1 is 1.28 bits per heavy atom. The number of hydrogen-bond acceptors (Lipinski definition) is 6. The first-order valence-corrected chi connectivity index (χ1v) is 14.9. The molecule has 6 atom stereocenters. The molecule has 0 radical (unpaired) electrons. The Morgan fingerprint density at radius 3 is 2.67 bits per heavy atom. The van der Waals surface area contributed by atoms with Gasteiger partial charge in [0.2, 0.25) is 5.91 Å². The molecule has 0 aliphatic carbocycles. The Morgan fingerprint density at radius 2 is 2.03 bits per heavy atom. The third-order valence-corrected chi connectivity index (χ3v) is 10.5. The summed E-state index contributed by atoms with van der Waals surface area (Å²) in [5, 5.41) is 10.4. The Balaban J connectivity index is 1.78. The molecule has 3 aliphatic heterocycles. The number of aryl methyl sites for hydroxylation is 2. The number of allylic oxidation sites excluding steroid dienone is 1. The van der Waals surface area contributed by atoms with E-state index in [4.69, 9.17) is 4.74 Å². The minimum Gasteiger partial charge on any atom is -0.465 e. The molecular weight excluding hydrogens is 512 g/mol. The van der Waals surface area contributed by atoms with Gasteiger partial charge < -0.3 is 19.6 Å². The Labute approximate surface area is 236 Å². The van der Waals surface area contributed by atoms with Gasteiger partial charge in [0.25, 0.3) is 5.91 Å². The number of fused-ring (bicyclic) bond motifs is 1. The fourth-order valence-electron chi connectivity index (χ4n) is 6.71. The van der Waals surface area contributed by atoms with Crippen molar-refractivity contribution in [3.05, 3.63) is 54.6 Å². The molecular formula is C31H42N2O5S. The molecule has 212 valence electrons. The van der Waals surface area contributed by atoms with Crippen LogP contribution in [0.4, 0.5) is 5.69 Å². The Hall–Kier alpha value is -2.58. The third kappa shape index (κ3) is 5.06. The normalized spacial score (nSPS) is 27.9. The molecule has 3 saturated heterocycles. The van der Waals surface area contributed by atoms with E-state index in [1.165, 1.54) is 0 Å². The van der Waals surface area contributed by atoms with Gasteiger partial charge in [-0.3, -0.25) is 14.4 Å². The van der Waals surface area contributed by atoms with Crippen molar-refractivity contribution in [3.63, 3.8) is 0 Å². The van der Waals surface area contributed by atoms with Gasteiger partial charge in [0.05, 0.1) is 35.8 Å². The molecule has 2 unspecified atom stereocenters. The van der Waals surface area contributed by atoms with Crippen molar-refractivity contribution in [2.75, 3.05) is 24.7 Å². The van der Waals surface area contributed by atoms with E-state index in [1.54, 1.807) is 33.7 Å². The van der Waals surface area contributed by atoms with Gasteiger partial charge in [-0.2, -0.15) is 0 Å². The summed E-state index contributed by atoms with van der Waals surface area (Å²) >= 11 is 1.62. The lowest BCUT2D eigenvalue weighted by Gasteiger charge is -2.41. The van der Waals surface area contributed by atoms with Crippen LogP contribution in [0.5, 0.6) is 0 Å². The molecule has 3 aliphatic rings. The monoisotopic (exact) mass is 554 g/mol. The van der Waals surface area contributed by atoms with Crippen LogP contribution in [0.1, 0.15) is 50.7 Å². The molecule has 1 aromatic carbocycles. The van der Waals surface area contributed by atoms with Gasteiger partial charge in [-0.15, -0.1) is 24.9 Å². The van der Waals surface area contributed by atoms with Crippen molar-refractivity contribution in [1.29, 1.82) is 0 Å². The summed E-state index contributed by atoms with van der Waals surface area (Å²) in [6.45, 7) is 15.8. The highest BCUT2D eigenvalue weighted by molar-refractivity contribution is 8.02. The summed E-state index contributed by atoms with van der Waals surface area (Å²) in [5.74, 6) is -2.09. The number of aliphatic hydroxyl groups excluding tert-OH is 1. The van der Waals surface area contributed by atoms with Crippen LogP contribution < -0.4 is 4.90 Å². The van der Waals surface area contributed by atoms with Crippen LogP contribution in [0.3, 0.4) is 0 Å². The van der Waals surface area contributed by atoms with Gasteiger partial charge in [-0.25, -0.2) is 0 Å². The van der Waals surface area contributed by atoms with Crippen LogP contribution in [-0.4, -0.2) is 69.6 Å².